The highest BCUT2D eigenvalue weighted by Crippen LogP contribution is 2.21. The molecule has 0 saturated carbocycles. The molecule has 0 spiro atoms. The molecule has 28 heavy (non-hydrogen) atoms. The molecule has 0 bridgehead atoms. The molecule has 1 amide bonds. The third-order valence-corrected chi connectivity index (χ3v) is 7.92. The molecule has 1 aliphatic rings. The third-order valence-electron chi connectivity index (χ3n) is 4.79. The molecular formula is C20H23ClN2O3S2. The van der Waals surface area contributed by atoms with Crippen molar-refractivity contribution in [2.75, 3.05) is 31.9 Å². The Labute approximate surface area is 175 Å². The average molecular weight is 439 g/mol. The largest absolute Gasteiger partial charge is 0.339 e. The van der Waals surface area contributed by atoms with Crippen LogP contribution in [0.15, 0.2) is 53.4 Å². The van der Waals surface area contributed by atoms with E-state index in [0.717, 1.165) is 5.75 Å². The number of halogens is 1. The summed E-state index contributed by atoms with van der Waals surface area (Å²) >= 11 is 7.43. The van der Waals surface area contributed by atoms with Gasteiger partial charge >= 0.3 is 0 Å². The Morgan fingerprint density at radius 1 is 1.04 bits per heavy atom. The fraction of sp³-hybridized carbons (Fsp3) is 0.350. The maximum atomic E-state index is 12.7. The van der Waals surface area contributed by atoms with E-state index in [4.69, 9.17) is 11.6 Å². The molecule has 2 aromatic rings. The van der Waals surface area contributed by atoms with Gasteiger partial charge in [-0.05, 0) is 42.3 Å². The zero-order valence-corrected chi connectivity index (χ0v) is 18.1. The van der Waals surface area contributed by atoms with Crippen molar-refractivity contribution in [3.63, 3.8) is 0 Å². The molecule has 0 radical (unpaired) electrons. The summed E-state index contributed by atoms with van der Waals surface area (Å²) in [6.07, 6.45) is 0. The normalized spacial score (nSPS) is 15.6. The van der Waals surface area contributed by atoms with E-state index in [1.165, 1.54) is 27.6 Å². The Bertz CT molecular complexity index is 925. The maximum absolute atomic E-state index is 12.7. The molecule has 0 N–H and O–H groups in total. The molecule has 0 atom stereocenters. The number of aryl methyl sites for hydroxylation is 1. The van der Waals surface area contributed by atoms with Crippen LogP contribution >= 0.6 is 23.4 Å². The van der Waals surface area contributed by atoms with Crippen molar-refractivity contribution in [3.8, 4) is 0 Å². The van der Waals surface area contributed by atoms with Crippen LogP contribution in [0.5, 0.6) is 0 Å². The van der Waals surface area contributed by atoms with Crippen LogP contribution in [0.3, 0.4) is 0 Å². The Balaban J connectivity index is 1.50. The highest BCUT2D eigenvalue weighted by atomic mass is 35.5. The van der Waals surface area contributed by atoms with Crippen molar-refractivity contribution in [1.82, 2.24) is 9.21 Å². The van der Waals surface area contributed by atoms with Gasteiger partial charge in [-0.2, -0.15) is 4.31 Å². The summed E-state index contributed by atoms with van der Waals surface area (Å²) in [6.45, 7) is 3.50. The first-order valence-corrected chi connectivity index (χ1v) is 12.0. The van der Waals surface area contributed by atoms with E-state index in [1.807, 2.05) is 12.1 Å². The molecular weight excluding hydrogens is 416 g/mol. The van der Waals surface area contributed by atoms with Gasteiger partial charge in [0.15, 0.2) is 0 Å². The van der Waals surface area contributed by atoms with Gasteiger partial charge in [0.1, 0.15) is 0 Å². The Kier molecular flexibility index (Phi) is 7.04. The molecule has 5 nitrogen and oxygen atoms in total. The first-order valence-electron chi connectivity index (χ1n) is 9.03. The summed E-state index contributed by atoms with van der Waals surface area (Å²) in [6, 6.07) is 14.3. The predicted molar refractivity (Wildman–Crippen MR) is 114 cm³/mol. The number of thioether (sulfide) groups is 1. The zero-order chi connectivity index (χ0) is 20.1. The summed E-state index contributed by atoms with van der Waals surface area (Å²) in [5, 5.41) is 0.498. The summed E-state index contributed by atoms with van der Waals surface area (Å²) in [7, 11) is -3.55. The summed E-state index contributed by atoms with van der Waals surface area (Å²) < 4.78 is 26.9. The Morgan fingerprint density at radius 3 is 2.32 bits per heavy atom. The van der Waals surface area contributed by atoms with Crippen molar-refractivity contribution in [3.05, 3.63) is 64.7 Å². The van der Waals surface area contributed by atoms with E-state index in [-0.39, 0.29) is 10.8 Å². The van der Waals surface area contributed by atoms with E-state index in [9.17, 15) is 13.2 Å². The van der Waals surface area contributed by atoms with Gasteiger partial charge in [0.2, 0.25) is 15.9 Å². The SMILES string of the molecule is Cc1ccccc1CSCC(=O)N1CCN(S(=O)(=O)c2ccc(Cl)cc2)CC1. The van der Waals surface area contributed by atoms with Crippen molar-refractivity contribution in [1.29, 1.82) is 0 Å². The number of nitrogens with zero attached hydrogens (tertiary/aromatic N) is 2. The minimum atomic E-state index is -3.55. The number of carbonyl (C=O) groups excluding carboxylic acids is 1. The lowest BCUT2D eigenvalue weighted by Gasteiger charge is -2.34. The van der Waals surface area contributed by atoms with Gasteiger partial charge in [0, 0.05) is 37.0 Å². The number of sulfonamides is 1. The Hall–Kier alpha value is -1.54. The second kappa shape index (κ2) is 9.31. The maximum Gasteiger partial charge on any atom is 0.243 e. The van der Waals surface area contributed by atoms with E-state index in [1.54, 1.807) is 28.8 Å². The number of rotatable bonds is 6. The molecule has 0 unspecified atom stereocenters. The van der Waals surface area contributed by atoms with Crippen LogP contribution in [-0.4, -0.2) is 55.5 Å². The second-order valence-corrected chi connectivity index (χ2v) is 10.0. The molecule has 1 heterocycles. The molecule has 1 fully saturated rings. The van der Waals surface area contributed by atoms with E-state index >= 15 is 0 Å². The van der Waals surface area contributed by atoms with Gasteiger partial charge < -0.3 is 4.90 Å². The van der Waals surface area contributed by atoms with Crippen LogP contribution in [0.25, 0.3) is 0 Å². The summed E-state index contributed by atoms with van der Waals surface area (Å²) in [4.78, 5) is 14.4. The van der Waals surface area contributed by atoms with Gasteiger partial charge in [0.25, 0.3) is 0 Å². The fourth-order valence-corrected chi connectivity index (χ4v) is 5.60. The van der Waals surface area contributed by atoms with Crippen LogP contribution in [0, 0.1) is 6.92 Å². The lowest BCUT2D eigenvalue weighted by Crippen LogP contribution is -2.50. The van der Waals surface area contributed by atoms with Crippen molar-refractivity contribution in [2.45, 2.75) is 17.6 Å². The molecule has 8 heteroatoms. The average Bonchev–Trinajstić information content (AvgIpc) is 2.70. The van der Waals surface area contributed by atoms with Crippen molar-refractivity contribution < 1.29 is 13.2 Å². The molecule has 0 aromatic heterocycles. The second-order valence-electron chi connectivity index (χ2n) is 6.66. The van der Waals surface area contributed by atoms with Crippen LogP contribution < -0.4 is 0 Å². The van der Waals surface area contributed by atoms with E-state index in [0.29, 0.717) is 37.0 Å². The predicted octanol–water partition coefficient (Wildman–Crippen LogP) is 3.41. The standard InChI is InChI=1S/C20H23ClN2O3S2/c1-16-4-2-3-5-17(16)14-27-15-20(24)22-10-12-23(13-11-22)28(25,26)19-8-6-18(21)7-9-19/h2-9H,10-15H2,1H3. The fourth-order valence-electron chi connectivity index (χ4n) is 3.05. The first-order chi connectivity index (χ1) is 13.4. The minimum absolute atomic E-state index is 0.0575. The number of piperazine rings is 1. The molecule has 3 rings (SSSR count). The Morgan fingerprint density at radius 2 is 1.68 bits per heavy atom. The smallest absolute Gasteiger partial charge is 0.243 e. The quantitative estimate of drug-likeness (QED) is 0.693. The van der Waals surface area contributed by atoms with E-state index in [2.05, 4.69) is 19.1 Å². The number of hydrogen-bond donors (Lipinski definition) is 0. The summed E-state index contributed by atoms with van der Waals surface area (Å²) in [5.41, 5.74) is 2.46. The van der Waals surface area contributed by atoms with Crippen LogP contribution in [0.2, 0.25) is 5.02 Å². The number of carbonyl (C=O) groups is 1. The van der Waals surface area contributed by atoms with Crippen LogP contribution in [0.4, 0.5) is 0 Å². The topological polar surface area (TPSA) is 57.7 Å². The number of hydrogen-bond acceptors (Lipinski definition) is 4. The number of benzene rings is 2. The molecule has 1 aliphatic heterocycles. The van der Waals surface area contributed by atoms with Crippen LogP contribution in [0.1, 0.15) is 11.1 Å². The monoisotopic (exact) mass is 438 g/mol. The van der Waals surface area contributed by atoms with Crippen LogP contribution in [-0.2, 0) is 20.6 Å². The third kappa shape index (κ3) is 5.08. The molecule has 1 saturated heterocycles. The van der Waals surface area contributed by atoms with Gasteiger partial charge in [-0.15, -0.1) is 11.8 Å². The minimum Gasteiger partial charge on any atom is -0.339 e. The lowest BCUT2D eigenvalue weighted by atomic mass is 10.1. The number of amides is 1. The first kappa shape index (κ1) is 21.2. The van der Waals surface area contributed by atoms with E-state index < -0.39 is 10.0 Å². The highest BCUT2D eigenvalue weighted by Gasteiger charge is 2.29. The zero-order valence-electron chi connectivity index (χ0n) is 15.7. The lowest BCUT2D eigenvalue weighted by molar-refractivity contribution is -0.129. The van der Waals surface area contributed by atoms with Gasteiger partial charge in [-0.3, -0.25) is 4.79 Å². The van der Waals surface area contributed by atoms with Crippen molar-refractivity contribution in [2.24, 2.45) is 0 Å². The highest BCUT2D eigenvalue weighted by molar-refractivity contribution is 7.99. The molecule has 2 aromatic carbocycles. The summed E-state index contributed by atoms with van der Waals surface area (Å²) in [5.74, 6) is 1.25. The molecule has 150 valence electrons. The van der Waals surface area contributed by atoms with Gasteiger partial charge in [-0.1, -0.05) is 35.9 Å². The molecule has 0 aliphatic carbocycles. The van der Waals surface area contributed by atoms with Gasteiger partial charge in [-0.25, -0.2) is 8.42 Å². The van der Waals surface area contributed by atoms with Crippen molar-refractivity contribution >= 4 is 39.3 Å². The van der Waals surface area contributed by atoms with Gasteiger partial charge in [0.05, 0.1) is 10.6 Å².